The molecule has 1 nitrogen and oxygen atoms in total. The van der Waals surface area contributed by atoms with E-state index in [9.17, 15) is 0 Å². The maximum atomic E-state index is 5.20. The van der Waals surface area contributed by atoms with Crippen LogP contribution in [0.5, 0.6) is 0 Å². The number of nitrogens with one attached hydrogen (secondary N) is 1. The van der Waals surface area contributed by atoms with Crippen LogP contribution < -0.4 is 5.32 Å². The van der Waals surface area contributed by atoms with Crippen molar-refractivity contribution < 1.29 is 0 Å². The third-order valence-corrected chi connectivity index (χ3v) is 1.55. The molecule has 0 bridgehead atoms. The second-order valence-electron chi connectivity index (χ2n) is 2.85. The van der Waals surface area contributed by atoms with Gasteiger partial charge in [-0.25, -0.2) is 0 Å². The molecule has 0 aromatic rings. The number of hydrogen-bond donors (Lipinski definition) is 1. The lowest BCUT2D eigenvalue weighted by atomic mass is 10.1. The summed E-state index contributed by atoms with van der Waals surface area (Å²) in [4.78, 5) is 0. The molecule has 0 aliphatic carbocycles. The molecule has 1 atom stereocenters. The molecule has 0 aromatic heterocycles. The number of hydrogen-bond acceptors (Lipinski definition) is 1. The molecule has 0 saturated heterocycles. The fourth-order valence-corrected chi connectivity index (χ4v) is 0.822. The van der Waals surface area contributed by atoms with Crippen LogP contribution in [0.25, 0.3) is 0 Å². The van der Waals surface area contributed by atoms with Crippen molar-refractivity contribution in [1.29, 1.82) is 0 Å². The van der Waals surface area contributed by atoms with Crippen LogP contribution in [0.15, 0.2) is 12.2 Å². The summed E-state index contributed by atoms with van der Waals surface area (Å²) in [5.41, 5.74) is 1.15. The lowest BCUT2D eigenvalue weighted by Crippen LogP contribution is -2.29. The largest absolute Gasteiger partial charge is 0.309 e. The highest BCUT2D eigenvalue weighted by atomic mass is 14.9. The van der Waals surface area contributed by atoms with Crippen molar-refractivity contribution in [1.82, 2.24) is 5.32 Å². The Morgan fingerprint density at radius 3 is 2.73 bits per heavy atom. The molecule has 0 saturated carbocycles. The summed E-state index contributed by atoms with van der Waals surface area (Å²) in [6, 6.07) is 0.455. The van der Waals surface area contributed by atoms with Crippen molar-refractivity contribution in [2.45, 2.75) is 32.7 Å². The Hall–Kier alpha value is -0.740. The van der Waals surface area contributed by atoms with E-state index in [0.717, 1.165) is 25.0 Å². The van der Waals surface area contributed by atoms with Gasteiger partial charge in [0.1, 0.15) is 0 Å². The number of terminal acetylenes is 1. The Labute approximate surface area is 69.9 Å². The van der Waals surface area contributed by atoms with Crippen molar-refractivity contribution in [3.8, 4) is 12.3 Å². The zero-order valence-electron chi connectivity index (χ0n) is 7.48. The predicted octanol–water partition coefficient (Wildman–Crippen LogP) is 1.95. The van der Waals surface area contributed by atoms with Crippen LogP contribution in [0.1, 0.15) is 26.7 Å². The molecule has 0 aliphatic rings. The van der Waals surface area contributed by atoms with Gasteiger partial charge < -0.3 is 5.32 Å². The Morgan fingerprint density at radius 2 is 2.36 bits per heavy atom. The lowest BCUT2D eigenvalue weighted by Gasteiger charge is -2.13. The second kappa shape index (κ2) is 6.00. The van der Waals surface area contributed by atoms with Crippen LogP contribution in [0.4, 0.5) is 0 Å². The van der Waals surface area contributed by atoms with Gasteiger partial charge in [-0.3, -0.25) is 0 Å². The number of rotatable bonds is 5. The average Bonchev–Trinajstić information content (AvgIpc) is 1.97. The molecule has 0 spiro atoms. The van der Waals surface area contributed by atoms with E-state index in [4.69, 9.17) is 6.42 Å². The van der Waals surface area contributed by atoms with Gasteiger partial charge in [-0.05, 0) is 13.3 Å². The van der Waals surface area contributed by atoms with Crippen LogP contribution in [0.3, 0.4) is 0 Å². The first-order valence-electron chi connectivity index (χ1n) is 4.02. The molecule has 11 heavy (non-hydrogen) atoms. The Kier molecular flexibility index (Phi) is 5.60. The average molecular weight is 151 g/mol. The first kappa shape index (κ1) is 10.3. The molecular weight excluding hydrogens is 134 g/mol. The SMILES string of the molecule is C#CCC(CC)NCC(=C)C. The zero-order chi connectivity index (χ0) is 8.69. The van der Waals surface area contributed by atoms with E-state index in [2.05, 4.69) is 24.7 Å². The molecular formula is C10H17N. The van der Waals surface area contributed by atoms with E-state index in [0.29, 0.717) is 6.04 Å². The third-order valence-electron chi connectivity index (χ3n) is 1.55. The summed E-state index contributed by atoms with van der Waals surface area (Å²) < 4.78 is 0. The van der Waals surface area contributed by atoms with Crippen LogP contribution in [-0.4, -0.2) is 12.6 Å². The van der Waals surface area contributed by atoms with E-state index in [-0.39, 0.29) is 0 Å². The molecule has 62 valence electrons. The van der Waals surface area contributed by atoms with E-state index in [1.54, 1.807) is 0 Å². The van der Waals surface area contributed by atoms with Gasteiger partial charge in [0.15, 0.2) is 0 Å². The van der Waals surface area contributed by atoms with Crippen LogP contribution in [0.2, 0.25) is 0 Å². The van der Waals surface area contributed by atoms with Crippen molar-refractivity contribution >= 4 is 0 Å². The molecule has 0 heterocycles. The minimum Gasteiger partial charge on any atom is -0.309 e. The smallest absolute Gasteiger partial charge is 0.0240 e. The highest BCUT2D eigenvalue weighted by molar-refractivity contribution is 4.94. The summed E-state index contributed by atoms with van der Waals surface area (Å²) in [7, 11) is 0. The predicted molar refractivity (Wildman–Crippen MR) is 50.3 cm³/mol. The molecule has 0 amide bonds. The van der Waals surface area contributed by atoms with Crippen molar-refractivity contribution in [2.24, 2.45) is 0 Å². The Morgan fingerprint density at radius 1 is 1.73 bits per heavy atom. The van der Waals surface area contributed by atoms with E-state index in [1.807, 2.05) is 6.92 Å². The molecule has 1 unspecified atom stereocenters. The Balaban J connectivity index is 3.53. The van der Waals surface area contributed by atoms with Crippen molar-refractivity contribution in [3.05, 3.63) is 12.2 Å². The van der Waals surface area contributed by atoms with E-state index < -0.39 is 0 Å². The third kappa shape index (κ3) is 5.69. The first-order chi connectivity index (χ1) is 5.20. The van der Waals surface area contributed by atoms with Crippen LogP contribution in [-0.2, 0) is 0 Å². The topological polar surface area (TPSA) is 12.0 Å². The molecule has 1 N–H and O–H groups in total. The highest BCUT2D eigenvalue weighted by Gasteiger charge is 2.01. The highest BCUT2D eigenvalue weighted by Crippen LogP contribution is 1.96. The first-order valence-corrected chi connectivity index (χ1v) is 4.02. The fraction of sp³-hybridized carbons (Fsp3) is 0.600. The molecule has 1 heteroatoms. The lowest BCUT2D eigenvalue weighted by molar-refractivity contribution is 0.530. The summed E-state index contributed by atoms with van der Waals surface area (Å²) >= 11 is 0. The van der Waals surface area contributed by atoms with Gasteiger partial charge in [0.25, 0.3) is 0 Å². The minimum absolute atomic E-state index is 0.455. The summed E-state index contributed by atoms with van der Waals surface area (Å²) in [6.07, 6.45) is 7.09. The van der Waals surface area contributed by atoms with E-state index >= 15 is 0 Å². The van der Waals surface area contributed by atoms with Gasteiger partial charge >= 0.3 is 0 Å². The molecule has 0 rings (SSSR count). The molecule has 0 aromatic carbocycles. The normalized spacial score (nSPS) is 12.1. The maximum Gasteiger partial charge on any atom is 0.0240 e. The summed E-state index contributed by atoms with van der Waals surface area (Å²) in [5, 5.41) is 3.33. The summed E-state index contributed by atoms with van der Waals surface area (Å²) in [5.74, 6) is 2.65. The van der Waals surface area contributed by atoms with Crippen LogP contribution >= 0.6 is 0 Å². The zero-order valence-corrected chi connectivity index (χ0v) is 7.48. The second-order valence-corrected chi connectivity index (χ2v) is 2.85. The molecule has 0 aliphatic heterocycles. The molecule has 0 radical (unpaired) electrons. The maximum absolute atomic E-state index is 5.20. The monoisotopic (exact) mass is 151 g/mol. The van der Waals surface area contributed by atoms with Gasteiger partial charge in [-0.1, -0.05) is 19.1 Å². The van der Waals surface area contributed by atoms with Gasteiger partial charge in [0.2, 0.25) is 0 Å². The van der Waals surface area contributed by atoms with Gasteiger partial charge in [-0.2, -0.15) is 0 Å². The quantitative estimate of drug-likeness (QED) is 0.468. The molecule has 0 fully saturated rings. The standard InChI is InChI=1S/C10H17N/c1-5-7-10(6-2)11-8-9(3)4/h1,10-11H,3,6-8H2,2,4H3. The fourth-order valence-electron chi connectivity index (χ4n) is 0.822. The summed E-state index contributed by atoms with van der Waals surface area (Å²) in [6.45, 7) is 8.82. The van der Waals surface area contributed by atoms with Crippen molar-refractivity contribution in [2.75, 3.05) is 6.54 Å². The van der Waals surface area contributed by atoms with Crippen LogP contribution in [0, 0.1) is 12.3 Å². The van der Waals surface area contributed by atoms with Crippen molar-refractivity contribution in [3.63, 3.8) is 0 Å². The minimum atomic E-state index is 0.455. The Bertz CT molecular complexity index is 153. The van der Waals surface area contributed by atoms with Gasteiger partial charge in [0.05, 0.1) is 0 Å². The van der Waals surface area contributed by atoms with E-state index in [1.165, 1.54) is 0 Å². The van der Waals surface area contributed by atoms with Gasteiger partial charge in [0, 0.05) is 19.0 Å². The van der Waals surface area contributed by atoms with Gasteiger partial charge in [-0.15, -0.1) is 12.3 Å².